The average Bonchev–Trinajstić information content (AvgIpc) is 2.47. The van der Waals surface area contributed by atoms with Gasteiger partial charge in [-0.2, -0.15) is 0 Å². The molecule has 2 rings (SSSR count). The number of piperidine rings is 1. The quantitative estimate of drug-likeness (QED) is 0.807. The van der Waals surface area contributed by atoms with E-state index in [1.54, 1.807) is 7.11 Å². The van der Waals surface area contributed by atoms with Gasteiger partial charge in [0.05, 0.1) is 12.3 Å². The average molecular weight is 342 g/mol. The van der Waals surface area contributed by atoms with Gasteiger partial charge in [-0.05, 0) is 54.2 Å². The summed E-state index contributed by atoms with van der Waals surface area (Å²) in [5.74, 6) is 1.10. The minimum Gasteiger partial charge on any atom is -0.383 e. The van der Waals surface area contributed by atoms with Crippen LogP contribution in [-0.2, 0) is 4.74 Å². The van der Waals surface area contributed by atoms with Crippen molar-refractivity contribution in [3.63, 3.8) is 0 Å². The largest absolute Gasteiger partial charge is 0.383 e. The number of pyridine rings is 1. The zero-order valence-corrected chi connectivity index (χ0v) is 13.9. The molecule has 1 fully saturated rings. The maximum absolute atomic E-state index is 5.08. The topological polar surface area (TPSA) is 37.4 Å². The molecule has 0 saturated carbocycles. The van der Waals surface area contributed by atoms with Crippen LogP contribution in [-0.4, -0.2) is 44.4 Å². The first-order chi connectivity index (χ1) is 9.72. The van der Waals surface area contributed by atoms with Gasteiger partial charge in [0.2, 0.25) is 0 Å². The summed E-state index contributed by atoms with van der Waals surface area (Å²) in [6.45, 7) is 5.82. The van der Waals surface area contributed by atoms with Crippen LogP contribution in [0.2, 0.25) is 0 Å². The Morgan fingerprint density at radius 2 is 2.30 bits per heavy atom. The number of anilines is 1. The molecule has 4 nitrogen and oxygen atoms in total. The van der Waals surface area contributed by atoms with Crippen LogP contribution in [0.5, 0.6) is 0 Å². The van der Waals surface area contributed by atoms with Crippen LogP contribution in [0.25, 0.3) is 0 Å². The highest BCUT2D eigenvalue weighted by molar-refractivity contribution is 9.10. The molecule has 0 bridgehead atoms. The molecule has 0 amide bonds. The molecular formula is C15H24BrN3O. The molecule has 112 valence electrons. The van der Waals surface area contributed by atoms with Gasteiger partial charge in [-0.15, -0.1) is 0 Å². The number of nitrogens with zero attached hydrogens (tertiary/aromatic N) is 2. The number of hydrogen-bond acceptors (Lipinski definition) is 4. The summed E-state index contributed by atoms with van der Waals surface area (Å²) >= 11 is 3.52. The summed E-state index contributed by atoms with van der Waals surface area (Å²) in [6.07, 6.45) is 3.80. The maximum atomic E-state index is 5.08. The van der Waals surface area contributed by atoms with E-state index in [4.69, 9.17) is 9.72 Å². The second-order valence-corrected chi connectivity index (χ2v) is 6.13. The van der Waals surface area contributed by atoms with Gasteiger partial charge >= 0.3 is 0 Å². The molecule has 1 atom stereocenters. The van der Waals surface area contributed by atoms with Crippen molar-refractivity contribution < 1.29 is 4.74 Å². The zero-order valence-electron chi connectivity index (χ0n) is 12.4. The van der Waals surface area contributed by atoms with Crippen LogP contribution in [0, 0.1) is 6.92 Å². The van der Waals surface area contributed by atoms with Crippen molar-refractivity contribution in [1.82, 2.24) is 10.3 Å². The normalized spacial score (nSPS) is 19.4. The van der Waals surface area contributed by atoms with Gasteiger partial charge in [0.1, 0.15) is 5.82 Å². The lowest BCUT2D eigenvalue weighted by atomic mass is 10.0. The number of nitrogens with one attached hydrogen (secondary N) is 1. The number of hydrogen-bond donors (Lipinski definition) is 1. The van der Waals surface area contributed by atoms with E-state index in [0.29, 0.717) is 6.04 Å². The summed E-state index contributed by atoms with van der Waals surface area (Å²) < 4.78 is 6.15. The molecule has 0 aromatic carbocycles. The second kappa shape index (κ2) is 7.96. The molecule has 1 unspecified atom stereocenters. The lowest BCUT2D eigenvalue weighted by molar-refractivity contribution is 0.198. The highest BCUT2D eigenvalue weighted by Gasteiger charge is 2.23. The molecular weight excluding hydrogens is 318 g/mol. The fourth-order valence-electron chi connectivity index (χ4n) is 2.65. The summed E-state index contributed by atoms with van der Waals surface area (Å²) in [5, 5.41) is 3.48. The maximum Gasteiger partial charge on any atom is 0.129 e. The van der Waals surface area contributed by atoms with Crippen LogP contribution in [0.4, 0.5) is 5.82 Å². The van der Waals surface area contributed by atoms with E-state index in [9.17, 15) is 0 Å². The van der Waals surface area contributed by atoms with Gasteiger partial charge in [0, 0.05) is 37.3 Å². The molecule has 2 heterocycles. The third-order valence-corrected chi connectivity index (χ3v) is 4.63. The van der Waals surface area contributed by atoms with Gasteiger partial charge in [0.25, 0.3) is 0 Å². The molecule has 1 aliphatic heterocycles. The highest BCUT2D eigenvalue weighted by atomic mass is 79.9. The van der Waals surface area contributed by atoms with Crippen molar-refractivity contribution in [3.8, 4) is 0 Å². The van der Waals surface area contributed by atoms with Crippen molar-refractivity contribution in [2.24, 2.45) is 0 Å². The van der Waals surface area contributed by atoms with E-state index >= 15 is 0 Å². The third-order valence-electron chi connectivity index (χ3n) is 3.79. The predicted molar refractivity (Wildman–Crippen MR) is 86.4 cm³/mol. The van der Waals surface area contributed by atoms with Gasteiger partial charge in [0.15, 0.2) is 0 Å². The Hall–Kier alpha value is -0.650. The van der Waals surface area contributed by atoms with E-state index in [1.165, 1.54) is 19.3 Å². The van der Waals surface area contributed by atoms with Gasteiger partial charge in [-0.3, -0.25) is 0 Å². The fraction of sp³-hybridized carbons (Fsp3) is 0.667. The SMILES string of the molecule is COCCNCC1CCCCN1c1ccc(Br)c(C)n1. The van der Waals surface area contributed by atoms with Crippen LogP contribution in [0.1, 0.15) is 25.0 Å². The molecule has 1 aromatic rings. The summed E-state index contributed by atoms with van der Waals surface area (Å²) in [4.78, 5) is 7.16. The summed E-state index contributed by atoms with van der Waals surface area (Å²) in [5.41, 5.74) is 1.05. The summed E-state index contributed by atoms with van der Waals surface area (Å²) in [6, 6.07) is 4.75. The Balaban J connectivity index is 2.00. The number of methoxy groups -OCH3 is 1. The lowest BCUT2D eigenvalue weighted by Gasteiger charge is -2.37. The van der Waals surface area contributed by atoms with Gasteiger partial charge < -0.3 is 15.0 Å². The minimum atomic E-state index is 0.536. The van der Waals surface area contributed by atoms with Crippen molar-refractivity contribution >= 4 is 21.7 Å². The third kappa shape index (κ3) is 4.17. The number of rotatable bonds is 6. The van der Waals surface area contributed by atoms with E-state index in [0.717, 1.165) is 42.2 Å². The molecule has 5 heteroatoms. The highest BCUT2D eigenvalue weighted by Crippen LogP contribution is 2.25. The number of aromatic nitrogens is 1. The monoisotopic (exact) mass is 341 g/mol. The molecule has 0 radical (unpaired) electrons. The van der Waals surface area contributed by atoms with E-state index < -0.39 is 0 Å². The van der Waals surface area contributed by atoms with Gasteiger partial charge in [-0.25, -0.2) is 4.98 Å². The van der Waals surface area contributed by atoms with Crippen LogP contribution in [0.15, 0.2) is 16.6 Å². The Morgan fingerprint density at radius 1 is 1.45 bits per heavy atom. The number of ether oxygens (including phenoxy) is 1. The smallest absolute Gasteiger partial charge is 0.129 e. The van der Waals surface area contributed by atoms with Crippen molar-refractivity contribution in [3.05, 3.63) is 22.3 Å². The van der Waals surface area contributed by atoms with Crippen molar-refractivity contribution in [2.75, 3.05) is 38.3 Å². The van der Waals surface area contributed by atoms with E-state index in [2.05, 4.69) is 38.3 Å². The lowest BCUT2D eigenvalue weighted by Crippen LogP contribution is -2.46. The molecule has 20 heavy (non-hydrogen) atoms. The first-order valence-electron chi connectivity index (χ1n) is 7.32. The van der Waals surface area contributed by atoms with E-state index in [1.807, 2.05) is 6.92 Å². The van der Waals surface area contributed by atoms with E-state index in [-0.39, 0.29) is 0 Å². The van der Waals surface area contributed by atoms with Crippen LogP contribution in [0.3, 0.4) is 0 Å². The molecule has 0 spiro atoms. The second-order valence-electron chi connectivity index (χ2n) is 5.28. The number of aryl methyl sites for hydroxylation is 1. The predicted octanol–water partition coefficient (Wildman–Crippen LogP) is 2.75. The van der Waals surface area contributed by atoms with Crippen LogP contribution >= 0.6 is 15.9 Å². The van der Waals surface area contributed by atoms with Gasteiger partial charge in [-0.1, -0.05) is 0 Å². The molecule has 1 aromatic heterocycles. The molecule has 1 aliphatic rings. The molecule has 1 saturated heterocycles. The van der Waals surface area contributed by atoms with Crippen molar-refractivity contribution in [1.29, 1.82) is 0 Å². The van der Waals surface area contributed by atoms with Crippen molar-refractivity contribution in [2.45, 2.75) is 32.2 Å². The fourth-order valence-corrected chi connectivity index (χ4v) is 2.87. The molecule has 1 N–H and O–H groups in total. The minimum absolute atomic E-state index is 0.536. The Bertz CT molecular complexity index is 428. The standard InChI is InChI=1S/C15H24BrN3O/c1-12-14(16)6-7-15(18-12)19-9-4-3-5-13(19)11-17-8-10-20-2/h6-7,13,17H,3-5,8-11H2,1-2H3. The molecule has 0 aliphatic carbocycles. The Morgan fingerprint density at radius 3 is 3.05 bits per heavy atom. The summed E-state index contributed by atoms with van der Waals surface area (Å²) in [7, 11) is 1.74. The first kappa shape index (κ1) is 15.7. The first-order valence-corrected chi connectivity index (χ1v) is 8.11. The number of halogens is 1. The Labute approximate surface area is 130 Å². The van der Waals surface area contributed by atoms with Crippen LogP contribution < -0.4 is 10.2 Å². The zero-order chi connectivity index (χ0) is 14.4. The Kier molecular flexibility index (Phi) is 6.26.